The molecule has 5 N–H and O–H groups in total. The summed E-state index contributed by atoms with van der Waals surface area (Å²) in [5, 5.41) is 20.2. The smallest absolute Gasteiger partial charge is 0.408 e. The Labute approximate surface area is 270 Å². The summed E-state index contributed by atoms with van der Waals surface area (Å²) in [6.07, 6.45) is 1.69. The summed E-state index contributed by atoms with van der Waals surface area (Å²) < 4.78 is 10.7. The molecule has 5 atom stereocenters. The van der Waals surface area contributed by atoms with Crippen molar-refractivity contribution in [1.29, 1.82) is 0 Å². The summed E-state index contributed by atoms with van der Waals surface area (Å²) >= 11 is 0. The van der Waals surface area contributed by atoms with E-state index in [1.54, 1.807) is 60.6 Å². The number of carbonyl (C=O) groups is 6. The van der Waals surface area contributed by atoms with Gasteiger partial charge in [-0.2, -0.15) is 0 Å². The Morgan fingerprint density at radius 2 is 1.65 bits per heavy atom. The molecule has 0 saturated heterocycles. The first-order valence-corrected chi connectivity index (χ1v) is 15.4. The number of hydrogen-bond acceptors (Lipinski definition) is 9. The second-order valence-electron chi connectivity index (χ2n) is 13.2. The highest BCUT2D eigenvalue weighted by atomic mass is 16.6. The van der Waals surface area contributed by atoms with Gasteiger partial charge >= 0.3 is 12.1 Å². The van der Waals surface area contributed by atoms with E-state index < -0.39 is 65.5 Å². The Balaban J connectivity index is 2.27. The molecule has 0 saturated carbocycles. The molecular weight excluding hydrogens is 596 g/mol. The minimum atomic E-state index is -1.12. The van der Waals surface area contributed by atoms with Crippen molar-refractivity contribution >= 4 is 35.6 Å². The minimum Gasteiger partial charge on any atom is -0.508 e. The molecule has 1 aromatic rings. The maximum Gasteiger partial charge on any atom is 0.408 e. The van der Waals surface area contributed by atoms with Crippen LogP contribution in [0.15, 0.2) is 36.4 Å². The molecule has 1 aromatic carbocycles. The zero-order chi connectivity index (χ0) is 34.8. The van der Waals surface area contributed by atoms with Crippen LogP contribution >= 0.6 is 0 Å². The maximum absolute atomic E-state index is 13.6. The average Bonchev–Trinajstić information content (AvgIpc) is 2.94. The lowest BCUT2D eigenvalue weighted by molar-refractivity contribution is -0.149. The van der Waals surface area contributed by atoms with Gasteiger partial charge in [0, 0.05) is 18.8 Å². The standard InChI is InChI=1S/C33H48N4O9/c1-18(2)27(37-29(41)24(35-32(44)46-33(6,7)8)15-21-9-12-23(38)13-10-21)25(39)16-22-11-14-26(40)36-28(19(3)4)30(42)34-20(5)31(43)45-17-22/h9-14,18-20,22,24,27-28,38H,15-17H2,1-8H3,(H,34,42)(H,35,44)(H,36,40)(H,37,41)/b14-11+/t20-,22-,24-,27-,28-/m0/s1. The van der Waals surface area contributed by atoms with Crippen molar-refractivity contribution in [1.82, 2.24) is 21.3 Å². The third-order valence-electron chi connectivity index (χ3n) is 7.08. The molecule has 4 amide bonds. The van der Waals surface area contributed by atoms with Gasteiger partial charge < -0.3 is 35.8 Å². The largest absolute Gasteiger partial charge is 0.508 e. The van der Waals surface area contributed by atoms with Crippen LogP contribution in [0.25, 0.3) is 0 Å². The fourth-order valence-corrected chi connectivity index (χ4v) is 4.60. The van der Waals surface area contributed by atoms with E-state index in [9.17, 15) is 33.9 Å². The summed E-state index contributed by atoms with van der Waals surface area (Å²) in [5.74, 6) is -4.09. The summed E-state index contributed by atoms with van der Waals surface area (Å²) in [7, 11) is 0. The van der Waals surface area contributed by atoms with Crippen LogP contribution in [-0.2, 0) is 39.9 Å². The van der Waals surface area contributed by atoms with E-state index in [4.69, 9.17) is 9.47 Å². The molecule has 46 heavy (non-hydrogen) atoms. The Hall–Kier alpha value is -4.42. The van der Waals surface area contributed by atoms with Crippen molar-refractivity contribution in [2.24, 2.45) is 17.8 Å². The number of phenols is 1. The van der Waals surface area contributed by atoms with Crippen molar-refractivity contribution in [3.05, 3.63) is 42.0 Å². The van der Waals surface area contributed by atoms with Crippen LogP contribution in [0.1, 0.15) is 67.4 Å². The van der Waals surface area contributed by atoms with Crippen LogP contribution in [0.2, 0.25) is 0 Å². The van der Waals surface area contributed by atoms with Gasteiger partial charge in [0.2, 0.25) is 17.7 Å². The van der Waals surface area contributed by atoms with Gasteiger partial charge in [-0.25, -0.2) is 9.59 Å². The number of esters is 1. The molecule has 13 heteroatoms. The summed E-state index contributed by atoms with van der Waals surface area (Å²) in [4.78, 5) is 77.7. The van der Waals surface area contributed by atoms with Crippen LogP contribution in [0.3, 0.4) is 0 Å². The highest BCUT2D eigenvalue weighted by Gasteiger charge is 2.32. The molecule has 0 fully saturated rings. The second kappa shape index (κ2) is 16.8. The molecule has 0 bridgehead atoms. The van der Waals surface area contributed by atoms with Gasteiger partial charge in [0.25, 0.3) is 0 Å². The number of aromatic hydroxyl groups is 1. The number of amides is 4. The van der Waals surface area contributed by atoms with Crippen LogP contribution in [0.4, 0.5) is 4.79 Å². The highest BCUT2D eigenvalue weighted by Crippen LogP contribution is 2.17. The van der Waals surface area contributed by atoms with Gasteiger partial charge in [0.05, 0.1) is 12.6 Å². The van der Waals surface area contributed by atoms with Crippen molar-refractivity contribution in [2.75, 3.05) is 6.61 Å². The molecule has 1 heterocycles. The number of nitrogens with one attached hydrogen (secondary N) is 4. The summed E-state index contributed by atoms with van der Waals surface area (Å²) in [5.41, 5.74) is -0.175. The third-order valence-corrected chi connectivity index (χ3v) is 7.08. The number of carbonyl (C=O) groups excluding carboxylic acids is 6. The number of phenolic OH excluding ortho intramolecular Hbond substituents is 1. The van der Waals surface area contributed by atoms with E-state index >= 15 is 0 Å². The summed E-state index contributed by atoms with van der Waals surface area (Å²) in [6, 6.07) is 2.15. The first-order valence-electron chi connectivity index (χ1n) is 15.4. The number of rotatable bonds is 10. The molecule has 2 rings (SSSR count). The van der Waals surface area contributed by atoms with E-state index in [2.05, 4.69) is 21.3 Å². The third kappa shape index (κ3) is 12.5. The SMILES string of the molecule is CC(C)[C@H](NC(=O)[C@H](Cc1ccc(O)cc1)NC(=O)OC(C)(C)C)C(=O)C[C@@H]1/C=C/C(=O)N[C@@H](C(C)C)C(=O)N[C@@H](C)C(=O)OC1. The van der Waals surface area contributed by atoms with Crippen molar-refractivity contribution < 1.29 is 43.3 Å². The summed E-state index contributed by atoms with van der Waals surface area (Å²) in [6.45, 7) is 13.3. The molecule has 254 valence electrons. The molecule has 0 aliphatic carbocycles. The van der Waals surface area contributed by atoms with Crippen LogP contribution < -0.4 is 21.3 Å². The second-order valence-corrected chi connectivity index (χ2v) is 13.2. The monoisotopic (exact) mass is 644 g/mol. The first-order chi connectivity index (χ1) is 21.4. The van der Waals surface area contributed by atoms with Gasteiger partial charge in [0.15, 0.2) is 5.78 Å². The Kier molecular flexibility index (Phi) is 13.8. The molecular formula is C33H48N4O9. The topological polar surface area (TPSA) is 189 Å². The van der Waals surface area contributed by atoms with E-state index in [0.29, 0.717) is 5.56 Å². The van der Waals surface area contributed by atoms with Gasteiger partial charge in [0.1, 0.15) is 29.5 Å². The van der Waals surface area contributed by atoms with E-state index in [1.165, 1.54) is 31.2 Å². The van der Waals surface area contributed by atoms with E-state index in [0.717, 1.165) is 0 Å². The van der Waals surface area contributed by atoms with Crippen molar-refractivity contribution in [3.8, 4) is 5.75 Å². The Morgan fingerprint density at radius 1 is 1.02 bits per heavy atom. The first kappa shape index (κ1) is 37.8. The number of cyclic esters (lactones) is 1. The number of Topliss-reactive ketones (excluding diaryl/α,β-unsaturated/α-hetero) is 1. The lowest BCUT2D eigenvalue weighted by Crippen LogP contribution is -2.54. The lowest BCUT2D eigenvalue weighted by atomic mass is 9.92. The number of benzene rings is 1. The molecule has 0 aromatic heterocycles. The molecule has 13 nitrogen and oxygen atoms in total. The molecule has 1 aliphatic heterocycles. The Morgan fingerprint density at radius 3 is 2.22 bits per heavy atom. The normalized spacial score (nSPS) is 21.4. The molecule has 0 spiro atoms. The van der Waals surface area contributed by atoms with Crippen LogP contribution in [0, 0.1) is 17.8 Å². The van der Waals surface area contributed by atoms with Gasteiger partial charge in [-0.3, -0.25) is 19.2 Å². The molecule has 1 aliphatic rings. The fraction of sp³-hybridized carbons (Fsp3) is 0.576. The minimum absolute atomic E-state index is 0.0400. The van der Waals surface area contributed by atoms with E-state index in [-0.39, 0.29) is 42.8 Å². The Bertz CT molecular complexity index is 1280. The highest BCUT2D eigenvalue weighted by molar-refractivity contribution is 5.95. The van der Waals surface area contributed by atoms with Gasteiger partial charge in [-0.05, 0) is 63.3 Å². The quantitative estimate of drug-likeness (QED) is 0.238. The van der Waals surface area contributed by atoms with Crippen molar-refractivity contribution in [2.45, 2.75) is 98.0 Å². The number of alkyl carbamates (subject to hydrolysis) is 1. The van der Waals surface area contributed by atoms with Crippen LogP contribution in [0.5, 0.6) is 5.75 Å². The number of ether oxygens (including phenoxy) is 2. The van der Waals surface area contributed by atoms with Gasteiger partial charge in [-0.15, -0.1) is 0 Å². The predicted octanol–water partition coefficient (Wildman–Crippen LogP) is 2.30. The lowest BCUT2D eigenvalue weighted by Gasteiger charge is -2.27. The maximum atomic E-state index is 13.6. The zero-order valence-electron chi connectivity index (χ0n) is 27.8. The zero-order valence-corrected chi connectivity index (χ0v) is 27.8. The van der Waals surface area contributed by atoms with Crippen molar-refractivity contribution in [3.63, 3.8) is 0 Å². The number of ketones is 1. The predicted molar refractivity (Wildman–Crippen MR) is 169 cm³/mol. The number of hydrogen-bond donors (Lipinski definition) is 5. The molecule has 0 unspecified atom stereocenters. The van der Waals surface area contributed by atoms with Gasteiger partial charge in [-0.1, -0.05) is 45.9 Å². The van der Waals surface area contributed by atoms with E-state index in [1.807, 2.05) is 0 Å². The molecule has 0 radical (unpaired) electrons. The fourth-order valence-electron chi connectivity index (χ4n) is 4.60. The average molecular weight is 645 g/mol. The van der Waals surface area contributed by atoms with Crippen LogP contribution in [-0.4, -0.2) is 77.0 Å².